The summed E-state index contributed by atoms with van der Waals surface area (Å²) in [6.07, 6.45) is 1.61. The van der Waals surface area contributed by atoms with E-state index in [-0.39, 0.29) is 11.5 Å². The molecule has 0 aliphatic rings. The molecule has 0 fully saturated rings. The first-order valence-corrected chi connectivity index (χ1v) is 5.85. The van der Waals surface area contributed by atoms with Gasteiger partial charge >= 0.3 is 5.97 Å². The van der Waals surface area contributed by atoms with E-state index < -0.39 is 5.97 Å². The minimum Gasteiger partial charge on any atom is -0.497 e. The molecule has 1 aromatic heterocycles. The van der Waals surface area contributed by atoms with Crippen molar-refractivity contribution in [2.24, 2.45) is 0 Å². The number of hydrogen-bond acceptors (Lipinski definition) is 5. The van der Waals surface area contributed by atoms with Crippen molar-refractivity contribution >= 4 is 11.8 Å². The largest absolute Gasteiger partial charge is 0.497 e. The number of carboxylic acids is 1. The Bertz CT molecular complexity index is 619. The Kier molecular flexibility index (Phi) is 3.99. The van der Waals surface area contributed by atoms with Crippen LogP contribution in [0.15, 0.2) is 36.9 Å². The van der Waals surface area contributed by atoms with Crippen LogP contribution in [0, 0.1) is 0 Å². The van der Waals surface area contributed by atoms with Crippen LogP contribution in [0.5, 0.6) is 5.75 Å². The Hall–Kier alpha value is -2.83. The topological polar surface area (TPSA) is 89.3 Å². The fourth-order valence-electron chi connectivity index (χ4n) is 1.57. The zero-order chi connectivity index (χ0) is 14.5. The average Bonchev–Trinajstić information content (AvgIpc) is 2.89. The third kappa shape index (κ3) is 2.77. The molecule has 104 valence electrons. The Morgan fingerprint density at radius 2 is 2.15 bits per heavy atom. The number of carboxylic acid groups (broad SMARTS) is 1. The molecule has 0 spiro atoms. The van der Waals surface area contributed by atoms with Gasteiger partial charge in [0.1, 0.15) is 5.75 Å². The van der Waals surface area contributed by atoms with Crippen LogP contribution in [-0.2, 0) is 0 Å². The molecule has 0 saturated heterocycles. The lowest BCUT2D eigenvalue weighted by atomic mass is 10.3. The molecular formula is C13H14N4O3. The minimum atomic E-state index is -1.14. The van der Waals surface area contributed by atoms with E-state index in [1.54, 1.807) is 37.5 Å². The average molecular weight is 274 g/mol. The third-order valence-electron chi connectivity index (χ3n) is 2.53. The highest BCUT2D eigenvalue weighted by Crippen LogP contribution is 2.16. The smallest absolute Gasteiger partial charge is 0.360 e. The zero-order valence-corrected chi connectivity index (χ0v) is 10.9. The van der Waals surface area contributed by atoms with Gasteiger partial charge in [-0.25, -0.2) is 4.79 Å². The number of nitrogens with zero attached hydrogens (tertiary/aromatic N) is 3. The molecule has 2 aromatic rings. The molecule has 0 atom stereocenters. The summed E-state index contributed by atoms with van der Waals surface area (Å²) in [6.45, 7) is 3.96. The summed E-state index contributed by atoms with van der Waals surface area (Å²) in [5, 5.41) is 20.0. The maximum Gasteiger partial charge on any atom is 0.360 e. The number of ether oxygens (including phenoxy) is 1. The van der Waals surface area contributed by atoms with Gasteiger partial charge in [-0.3, -0.25) is 0 Å². The zero-order valence-electron chi connectivity index (χ0n) is 10.9. The molecule has 0 aliphatic carbocycles. The van der Waals surface area contributed by atoms with Gasteiger partial charge in [0.05, 0.1) is 12.8 Å². The highest BCUT2D eigenvalue weighted by Gasteiger charge is 2.17. The molecule has 2 N–H and O–H groups in total. The number of hydrogen-bond donors (Lipinski definition) is 2. The van der Waals surface area contributed by atoms with Crippen LogP contribution in [0.1, 0.15) is 10.5 Å². The Morgan fingerprint density at radius 1 is 1.45 bits per heavy atom. The van der Waals surface area contributed by atoms with Crippen molar-refractivity contribution in [3.05, 3.63) is 42.6 Å². The van der Waals surface area contributed by atoms with E-state index >= 15 is 0 Å². The van der Waals surface area contributed by atoms with Crippen LogP contribution in [0.2, 0.25) is 0 Å². The predicted octanol–water partition coefficient (Wildman–Crippen LogP) is 1.57. The van der Waals surface area contributed by atoms with Crippen LogP contribution in [0.3, 0.4) is 0 Å². The molecule has 1 aromatic carbocycles. The first kappa shape index (κ1) is 13.6. The summed E-state index contributed by atoms with van der Waals surface area (Å²) in [5.41, 5.74) is 0.502. The summed E-state index contributed by atoms with van der Waals surface area (Å²) >= 11 is 0. The fourth-order valence-corrected chi connectivity index (χ4v) is 1.57. The standard InChI is InChI=1S/C13H14N4O3/c1-3-8-14-12-11(13(18)19)15-17(16-12)9-4-6-10(20-2)7-5-9/h3-7H,1,8H2,2H3,(H,14,16)(H,18,19). The molecule has 1 heterocycles. The second-order valence-electron chi connectivity index (χ2n) is 3.86. The highest BCUT2D eigenvalue weighted by molar-refractivity contribution is 5.90. The first-order valence-electron chi connectivity index (χ1n) is 5.85. The Balaban J connectivity index is 2.35. The second-order valence-corrected chi connectivity index (χ2v) is 3.86. The SMILES string of the molecule is C=CCNc1nn(-c2ccc(OC)cc2)nc1C(=O)O. The van der Waals surface area contributed by atoms with Gasteiger partial charge in [0.2, 0.25) is 5.69 Å². The van der Waals surface area contributed by atoms with Gasteiger partial charge in [0.15, 0.2) is 5.82 Å². The van der Waals surface area contributed by atoms with Gasteiger partial charge in [-0.15, -0.1) is 21.6 Å². The van der Waals surface area contributed by atoms with Crippen LogP contribution in [0.25, 0.3) is 5.69 Å². The Morgan fingerprint density at radius 3 is 2.70 bits per heavy atom. The van der Waals surface area contributed by atoms with Crippen LogP contribution in [0.4, 0.5) is 5.82 Å². The number of rotatable bonds is 6. The van der Waals surface area contributed by atoms with Crippen molar-refractivity contribution in [3.63, 3.8) is 0 Å². The number of aromatic carboxylic acids is 1. The molecule has 0 aliphatic heterocycles. The van der Waals surface area contributed by atoms with Gasteiger partial charge in [0, 0.05) is 6.54 Å². The summed E-state index contributed by atoms with van der Waals surface area (Å²) in [7, 11) is 1.57. The van der Waals surface area contributed by atoms with Crippen LogP contribution < -0.4 is 10.1 Å². The molecule has 0 amide bonds. The number of benzene rings is 1. The van der Waals surface area contributed by atoms with Gasteiger partial charge in [0.25, 0.3) is 0 Å². The maximum absolute atomic E-state index is 11.1. The van der Waals surface area contributed by atoms with Gasteiger partial charge < -0.3 is 15.2 Å². The van der Waals surface area contributed by atoms with E-state index in [1.165, 1.54) is 4.80 Å². The maximum atomic E-state index is 11.1. The summed E-state index contributed by atoms with van der Waals surface area (Å²) in [4.78, 5) is 12.4. The normalized spacial score (nSPS) is 10.1. The molecule has 2 rings (SSSR count). The van der Waals surface area contributed by atoms with Crippen LogP contribution >= 0.6 is 0 Å². The quantitative estimate of drug-likeness (QED) is 0.777. The molecular weight excluding hydrogens is 260 g/mol. The van der Waals surface area contributed by atoms with Crippen molar-refractivity contribution in [1.82, 2.24) is 15.0 Å². The van der Waals surface area contributed by atoms with Crippen molar-refractivity contribution in [2.75, 3.05) is 19.0 Å². The molecule has 0 bridgehead atoms. The van der Waals surface area contributed by atoms with E-state index in [9.17, 15) is 4.79 Å². The summed E-state index contributed by atoms with van der Waals surface area (Å²) in [6, 6.07) is 6.97. The van der Waals surface area contributed by atoms with Crippen molar-refractivity contribution in [1.29, 1.82) is 0 Å². The van der Waals surface area contributed by atoms with E-state index in [2.05, 4.69) is 22.1 Å². The highest BCUT2D eigenvalue weighted by atomic mass is 16.5. The monoisotopic (exact) mass is 274 g/mol. The Labute approximate surface area is 115 Å². The number of methoxy groups -OCH3 is 1. The van der Waals surface area contributed by atoms with Crippen molar-refractivity contribution < 1.29 is 14.6 Å². The lowest BCUT2D eigenvalue weighted by Crippen LogP contribution is -2.05. The molecule has 0 radical (unpaired) electrons. The lowest BCUT2D eigenvalue weighted by molar-refractivity contribution is 0.0691. The minimum absolute atomic E-state index is 0.136. The summed E-state index contributed by atoms with van der Waals surface area (Å²) in [5.74, 6) is -0.242. The van der Waals surface area contributed by atoms with E-state index in [4.69, 9.17) is 9.84 Å². The van der Waals surface area contributed by atoms with Gasteiger partial charge in [-0.1, -0.05) is 6.08 Å². The number of anilines is 1. The first-order chi connectivity index (χ1) is 9.65. The van der Waals surface area contributed by atoms with Gasteiger partial charge in [-0.2, -0.15) is 0 Å². The fraction of sp³-hybridized carbons (Fsp3) is 0.154. The molecule has 0 unspecified atom stereocenters. The van der Waals surface area contributed by atoms with Crippen molar-refractivity contribution in [3.8, 4) is 11.4 Å². The number of nitrogens with one attached hydrogen (secondary N) is 1. The van der Waals surface area contributed by atoms with Crippen LogP contribution in [-0.4, -0.2) is 39.7 Å². The molecule has 20 heavy (non-hydrogen) atoms. The molecule has 7 nitrogen and oxygen atoms in total. The predicted molar refractivity (Wildman–Crippen MR) is 73.6 cm³/mol. The second kappa shape index (κ2) is 5.87. The third-order valence-corrected chi connectivity index (χ3v) is 2.53. The summed E-state index contributed by atoms with van der Waals surface area (Å²) < 4.78 is 5.06. The van der Waals surface area contributed by atoms with Gasteiger partial charge in [-0.05, 0) is 24.3 Å². The lowest BCUT2D eigenvalue weighted by Gasteiger charge is -2.01. The molecule has 0 saturated carbocycles. The number of aromatic nitrogens is 3. The molecule has 7 heteroatoms. The van der Waals surface area contributed by atoms with E-state index in [1.807, 2.05) is 0 Å². The number of carbonyl (C=O) groups is 1. The van der Waals surface area contributed by atoms with Crippen molar-refractivity contribution in [2.45, 2.75) is 0 Å². The van der Waals surface area contributed by atoms with E-state index in [0.717, 1.165) is 0 Å². The van der Waals surface area contributed by atoms with E-state index in [0.29, 0.717) is 18.0 Å².